The van der Waals surface area contributed by atoms with E-state index in [1.54, 1.807) is 0 Å². The van der Waals surface area contributed by atoms with E-state index in [0.29, 0.717) is 17.9 Å². The zero-order valence-electron chi connectivity index (χ0n) is 10.9. The van der Waals surface area contributed by atoms with Crippen LogP contribution in [0.4, 0.5) is 0 Å². The minimum atomic E-state index is 0.206. The van der Waals surface area contributed by atoms with Crippen LogP contribution in [-0.4, -0.2) is 25.0 Å². The van der Waals surface area contributed by atoms with Gasteiger partial charge in [0.05, 0.1) is 0 Å². The fourth-order valence-corrected chi connectivity index (χ4v) is 2.04. The van der Waals surface area contributed by atoms with Crippen LogP contribution in [0.3, 0.4) is 0 Å². The Morgan fingerprint density at radius 3 is 2.75 bits per heavy atom. The third-order valence-corrected chi connectivity index (χ3v) is 3.04. The van der Waals surface area contributed by atoms with Crippen LogP contribution < -0.4 is 10.6 Å². The molecule has 1 amide bonds. The lowest BCUT2D eigenvalue weighted by atomic mass is 9.90. The van der Waals surface area contributed by atoms with E-state index in [-0.39, 0.29) is 5.91 Å². The van der Waals surface area contributed by atoms with Gasteiger partial charge in [-0.15, -0.1) is 0 Å². The second kappa shape index (κ2) is 6.24. The summed E-state index contributed by atoms with van der Waals surface area (Å²) >= 11 is 0. The van der Waals surface area contributed by atoms with Crippen molar-refractivity contribution in [1.29, 1.82) is 0 Å². The number of hydrogen-bond donors (Lipinski definition) is 2. The second-order valence-corrected chi connectivity index (χ2v) is 6.01. The van der Waals surface area contributed by atoms with Gasteiger partial charge in [-0.2, -0.15) is 0 Å². The highest BCUT2D eigenvalue weighted by Crippen LogP contribution is 2.21. The van der Waals surface area contributed by atoms with Gasteiger partial charge in [0.2, 0.25) is 5.91 Å². The summed E-state index contributed by atoms with van der Waals surface area (Å²) in [5.74, 6) is 0.206. The van der Waals surface area contributed by atoms with Gasteiger partial charge < -0.3 is 10.6 Å². The van der Waals surface area contributed by atoms with E-state index in [2.05, 4.69) is 31.4 Å². The first-order chi connectivity index (χ1) is 7.47. The van der Waals surface area contributed by atoms with E-state index in [1.165, 1.54) is 12.8 Å². The molecule has 1 aliphatic heterocycles. The molecule has 0 radical (unpaired) electrons. The molecule has 1 saturated heterocycles. The summed E-state index contributed by atoms with van der Waals surface area (Å²) in [7, 11) is 0. The van der Waals surface area contributed by atoms with Gasteiger partial charge in [0.25, 0.3) is 0 Å². The number of carbonyl (C=O) groups excluding carboxylic acids is 1. The number of rotatable bonds is 5. The fourth-order valence-electron chi connectivity index (χ4n) is 2.04. The van der Waals surface area contributed by atoms with Gasteiger partial charge in [-0.1, -0.05) is 20.8 Å². The SMILES string of the molecule is CC(C)(C)CCCC(=O)NC[C@@H]1CCCN1. The molecule has 0 bridgehead atoms. The molecule has 0 spiro atoms. The Morgan fingerprint density at radius 1 is 1.44 bits per heavy atom. The van der Waals surface area contributed by atoms with Crippen molar-refractivity contribution in [1.82, 2.24) is 10.6 Å². The molecule has 0 saturated carbocycles. The van der Waals surface area contributed by atoms with Crippen LogP contribution in [0.2, 0.25) is 0 Å². The summed E-state index contributed by atoms with van der Waals surface area (Å²) in [5.41, 5.74) is 0.341. The molecule has 0 aliphatic carbocycles. The first-order valence-corrected chi connectivity index (χ1v) is 6.47. The highest BCUT2D eigenvalue weighted by atomic mass is 16.1. The van der Waals surface area contributed by atoms with E-state index in [1.807, 2.05) is 0 Å². The first-order valence-electron chi connectivity index (χ1n) is 6.47. The topological polar surface area (TPSA) is 41.1 Å². The van der Waals surface area contributed by atoms with Crippen LogP contribution in [0.1, 0.15) is 52.9 Å². The first kappa shape index (κ1) is 13.5. The molecule has 1 atom stereocenters. The van der Waals surface area contributed by atoms with Gasteiger partial charge in [-0.3, -0.25) is 4.79 Å². The Hall–Kier alpha value is -0.570. The van der Waals surface area contributed by atoms with Crippen molar-refractivity contribution >= 4 is 5.91 Å². The largest absolute Gasteiger partial charge is 0.355 e. The summed E-state index contributed by atoms with van der Waals surface area (Å²) in [5, 5.41) is 6.39. The summed E-state index contributed by atoms with van der Waals surface area (Å²) in [6.07, 6.45) is 5.21. The Morgan fingerprint density at radius 2 is 2.19 bits per heavy atom. The van der Waals surface area contributed by atoms with Crippen molar-refractivity contribution in [3.8, 4) is 0 Å². The van der Waals surface area contributed by atoms with Crippen molar-refractivity contribution in [2.24, 2.45) is 5.41 Å². The molecule has 3 nitrogen and oxygen atoms in total. The third-order valence-electron chi connectivity index (χ3n) is 3.04. The van der Waals surface area contributed by atoms with Crippen LogP contribution in [0.5, 0.6) is 0 Å². The molecule has 16 heavy (non-hydrogen) atoms. The normalized spacial score (nSPS) is 21.1. The van der Waals surface area contributed by atoms with Crippen molar-refractivity contribution in [3.63, 3.8) is 0 Å². The van der Waals surface area contributed by atoms with E-state index >= 15 is 0 Å². The van der Waals surface area contributed by atoms with Gasteiger partial charge in [-0.25, -0.2) is 0 Å². The molecule has 0 aromatic heterocycles. The molecule has 1 heterocycles. The molecule has 0 unspecified atom stereocenters. The summed E-state index contributed by atoms with van der Waals surface area (Å²) < 4.78 is 0. The van der Waals surface area contributed by atoms with Crippen LogP contribution in [0.15, 0.2) is 0 Å². The molecule has 0 aromatic carbocycles. The van der Waals surface area contributed by atoms with Gasteiger partial charge >= 0.3 is 0 Å². The molecule has 0 aromatic rings. The van der Waals surface area contributed by atoms with Crippen LogP contribution in [0.25, 0.3) is 0 Å². The third kappa shape index (κ3) is 6.11. The highest BCUT2D eigenvalue weighted by Gasteiger charge is 2.15. The second-order valence-electron chi connectivity index (χ2n) is 6.01. The average molecular weight is 226 g/mol. The Balaban J connectivity index is 2.02. The maximum Gasteiger partial charge on any atom is 0.220 e. The lowest BCUT2D eigenvalue weighted by Crippen LogP contribution is -2.37. The molecule has 1 aliphatic rings. The Bertz CT molecular complexity index is 214. The number of carbonyl (C=O) groups is 1. The predicted molar refractivity (Wildman–Crippen MR) is 67.3 cm³/mol. The van der Waals surface area contributed by atoms with Gasteiger partial charge in [0.1, 0.15) is 0 Å². The fraction of sp³-hybridized carbons (Fsp3) is 0.923. The predicted octanol–water partition coefficient (Wildman–Crippen LogP) is 2.07. The average Bonchev–Trinajstić information content (AvgIpc) is 2.65. The highest BCUT2D eigenvalue weighted by molar-refractivity contribution is 5.75. The van der Waals surface area contributed by atoms with E-state index in [9.17, 15) is 4.79 Å². The van der Waals surface area contributed by atoms with Crippen molar-refractivity contribution in [3.05, 3.63) is 0 Å². The molecule has 1 fully saturated rings. The van der Waals surface area contributed by atoms with Crippen molar-refractivity contribution in [2.45, 2.75) is 58.9 Å². The van der Waals surface area contributed by atoms with E-state index in [4.69, 9.17) is 0 Å². The van der Waals surface area contributed by atoms with E-state index in [0.717, 1.165) is 25.9 Å². The van der Waals surface area contributed by atoms with Crippen LogP contribution in [0, 0.1) is 5.41 Å². The lowest BCUT2D eigenvalue weighted by molar-refractivity contribution is -0.121. The Labute approximate surface area is 99.4 Å². The summed E-state index contributed by atoms with van der Waals surface area (Å²) in [6.45, 7) is 8.55. The van der Waals surface area contributed by atoms with E-state index < -0.39 is 0 Å². The monoisotopic (exact) mass is 226 g/mol. The van der Waals surface area contributed by atoms with Crippen LogP contribution in [-0.2, 0) is 4.79 Å². The minimum absolute atomic E-state index is 0.206. The van der Waals surface area contributed by atoms with Gasteiger partial charge in [0.15, 0.2) is 0 Å². The lowest BCUT2D eigenvalue weighted by Gasteiger charge is -2.17. The molecular formula is C13H26N2O. The summed E-state index contributed by atoms with van der Waals surface area (Å²) in [4.78, 5) is 11.5. The number of nitrogens with one attached hydrogen (secondary N) is 2. The van der Waals surface area contributed by atoms with Gasteiger partial charge in [-0.05, 0) is 37.6 Å². The maximum absolute atomic E-state index is 11.5. The minimum Gasteiger partial charge on any atom is -0.355 e. The molecule has 1 rings (SSSR count). The standard InChI is InChI=1S/C13H26N2O/c1-13(2,3)8-4-7-12(16)15-10-11-6-5-9-14-11/h11,14H,4-10H2,1-3H3,(H,15,16)/t11-/m0/s1. The number of hydrogen-bond acceptors (Lipinski definition) is 2. The van der Waals surface area contributed by atoms with Gasteiger partial charge in [0, 0.05) is 19.0 Å². The summed E-state index contributed by atoms with van der Waals surface area (Å²) in [6, 6.07) is 0.506. The molecule has 3 heteroatoms. The number of amides is 1. The van der Waals surface area contributed by atoms with Crippen molar-refractivity contribution < 1.29 is 4.79 Å². The Kier molecular flexibility index (Phi) is 5.26. The molecule has 2 N–H and O–H groups in total. The molecular weight excluding hydrogens is 200 g/mol. The van der Waals surface area contributed by atoms with Crippen molar-refractivity contribution in [2.75, 3.05) is 13.1 Å². The van der Waals surface area contributed by atoms with Crippen LogP contribution >= 0.6 is 0 Å². The zero-order chi connectivity index (χ0) is 12.0. The maximum atomic E-state index is 11.5. The quantitative estimate of drug-likeness (QED) is 0.753. The smallest absolute Gasteiger partial charge is 0.220 e. The molecule has 94 valence electrons. The zero-order valence-corrected chi connectivity index (χ0v) is 10.9.